The summed E-state index contributed by atoms with van der Waals surface area (Å²) in [7, 11) is 0. The lowest BCUT2D eigenvalue weighted by Crippen LogP contribution is -2.17. The van der Waals surface area contributed by atoms with E-state index in [-0.39, 0.29) is 33.8 Å². The van der Waals surface area contributed by atoms with Crippen molar-refractivity contribution < 1.29 is 17.4 Å². The van der Waals surface area contributed by atoms with Gasteiger partial charge in [0.1, 0.15) is 11.6 Å². The van der Waals surface area contributed by atoms with Crippen molar-refractivity contribution in [3.63, 3.8) is 0 Å². The molecule has 1 N–H and O–H groups in total. The van der Waals surface area contributed by atoms with Gasteiger partial charge in [0, 0.05) is 34.7 Å². The second-order valence-electron chi connectivity index (χ2n) is 14.2. The molecule has 0 atom stereocenters. The van der Waals surface area contributed by atoms with Crippen LogP contribution in [0.25, 0.3) is 55.3 Å². The zero-order chi connectivity index (χ0) is 42.1. The molecule has 0 saturated heterocycles. The molecule has 0 radical (unpaired) electrons. The minimum atomic E-state index is -3.53. The van der Waals surface area contributed by atoms with Gasteiger partial charge in [-0.15, -0.1) is 4.98 Å². The van der Waals surface area contributed by atoms with E-state index < -0.39 is 36.9 Å². The molecule has 2 heterocycles. The van der Waals surface area contributed by atoms with Crippen LogP contribution in [0.4, 0.5) is 5.82 Å². The number of nitrogens with zero attached hydrogens (tertiary/aromatic N) is 4. The van der Waals surface area contributed by atoms with E-state index in [0.717, 1.165) is 16.8 Å². The van der Waals surface area contributed by atoms with Crippen LogP contribution in [0.15, 0.2) is 97.1 Å². The van der Waals surface area contributed by atoms with E-state index in [1.54, 1.807) is 30.3 Å². The van der Waals surface area contributed by atoms with Gasteiger partial charge in [0.25, 0.3) is 5.82 Å². The summed E-state index contributed by atoms with van der Waals surface area (Å²) in [6.45, 7) is 9.33. The predicted molar refractivity (Wildman–Crippen MR) is 199 cm³/mol. The quantitative estimate of drug-likeness (QED) is 0.195. The van der Waals surface area contributed by atoms with Crippen molar-refractivity contribution in [1.29, 1.82) is 0 Å². The Morgan fingerprint density at radius 2 is 1.38 bits per heavy atom. The maximum atomic E-state index is 12.1. The number of aromatic nitrogens is 3. The Kier molecular flexibility index (Phi) is 5.69. The maximum absolute atomic E-state index is 12.1. The molecule has 48 heavy (non-hydrogen) atoms. The third-order valence-electron chi connectivity index (χ3n) is 8.55. The van der Waals surface area contributed by atoms with Crippen LogP contribution >= 0.6 is 0 Å². The van der Waals surface area contributed by atoms with E-state index in [2.05, 4.69) is 30.6 Å². The Morgan fingerprint density at radius 1 is 0.688 bits per heavy atom. The van der Waals surface area contributed by atoms with E-state index in [1.165, 1.54) is 18.2 Å². The van der Waals surface area contributed by atoms with Crippen molar-refractivity contribution in [3.8, 4) is 45.2 Å². The molecule has 0 unspecified atom stereocenters. The third-order valence-corrected chi connectivity index (χ3v) is 8.55. The Bertz CT molecular complexity index is 2490. The van der Waals surface area contributed by atoms with Gasteiger partial charge in [-0.05, 0) is 81.5 Å². The fourth-order valence-corrected chi connectivity index (χ4v) is 5.95. The molecular formula is C43H44N4O. The van der Waals surface area contributed by atoms with Gasteiger partial charge in [-0.3, -0.25) is 4.57 Å². The number of para-hydroxylation sites is 2. The summed E-state index contributed by atoms with van der Waals surface area (Å²) >= 11 is 0. The summed E-state index contributed by atoms with van der Waals surface area (Å²) in [6.07, 6.45) is 0. The molecule has 242 valence electrons. The van der Waals surface area contributed by atoms with Crippen molar-refractivity contribution in [2.24, 2.45) is 0 Å². The first-order valence-electron chi connectivity index (χ1n) is 20.3. The summed E-state index contributed by atoms with van der Waals surface area (Å²) in [5.74, 6) is 0.522. The summed E-state index contributed by atoms with van der Waals surface area (Å²) in [4.78, 5) is 13.1. The highest BCUT2D eigenvalue weighted by Gasteiger charge is 2.29. The Balaban J connectivity index is 1.78. The van der Waals surface area contributed by atoms with Crippen molar-refractivity contribution in [2.75, 3.05) is 0 Å². The first-order chi connectivity index (χ1) is 26.3. The summed E-state index contributed by atoms with van der Waals surface area (Å²) in [5, 5.41) is 12.1. The molecule has 6 rings (SSSR count). The van der Waals surface area contributed by atoms with Crippen molar-refractivity contribution in [1.82, 2.24) is 14.5 Å². The lowest BCUT2D eigenvalue weighted by Gasteiger charge is -2.27. The van der Waals surface area contributed by atoms with E-state index in [4.69, 9.17) is 23.9 Å². The Labute approximate surface area is 297 Å². The number of hydrogen-bond donors (Lipinski definition) is 1. The second-order valence-corrected chi connectivity index (χ2v) is 14.2. The van der Waals surface area contributed by atoms with Crippen molar-refractivity contribution in [2.45, 2.75) is 78.3 Å². The van der Waals surface area contributed by atoms with Crippen LogP contribution in [-0.2, 0) is 16.2 Å². The van der Waals surface area contributed by atoms with Gasteiger partial charge in [-0.1, -0.05) is 117 Å². The van der Waals surface area contributed by atoms with Crippen molar-refractivity contribution >= 4 is 16.9 Å². The largest absolute Gasteiger partial charge is 0.507 e. The zero-order valence-electron chi connectivity index (χ0n) is 37.0. The number of hydrogen-bond acceptors (Lipinski definition) is 3. The minimum Gasteiger partial charge on any atom is -0.507 e. The number of phenolic OH excluding ortho intramolecular Hbond substituents is 1. The molecule has 2 aromatic heterocycles. The number of fused-ring (bicyclic) bond motifs is 1. The number of aromatic hydroxyl groups is 1. The SMILES string of the molecule is [2H]C([2H])([2H])C(c1cc(-c2cccc([N+]#[C-])n2)cc(-c2cccc3c2nc(-c2cc(C(C)(C)C)cc(C(C)(C)C)c2O)n3-c2ccccc2)c1)(C([2H])([2H])[2H])C([2H])([2H])[2H]. The molecule has 0 amide bonds. The third kappa shape index (κ3) is 6.11. The number of benzene rings is 4. The van der Waals surface area contributed by atoms with E-state index >= 15 is 0 Å². The molecule has 0 aliphatic heterocycles. The Morgan fingerprint density at radius 3 is 2.04 bits per heavy atom. The number of phenols is 1. The average Bonchev–Trinajstić information content (AvgIpc) is 3.49. The first-order valence-corrected chi connectivity index (χ1v) is 15.8. The molecule has 5 nitrogen and oxygen atoms in total. The maximum Gasteiger partial charge on any atom is 0.270 e. The monoisotopic (exact) mass is 641 g/mol. The lowest BCUT2D eigenvalue weighted by atomic mass is 9.79. The smallest absolute Gasteiger partial charge is 0.270 e. The molecule has 0 fully saturated rings. The van der Waals surface area contributed by atoms with Crippen LogP contribution < -0.4 is 0 Å². The number of imidazole rings is 1. The van der Waals surface area contributed by atoms with Crippen LogP contribution in [0.1, 0.15) is 91.1 Å². The molecular weight excluding hydrogens is 589 g/mol. The average molecular weight is 642 g/mol. The predicted octanol–water partition coefficient (Wildman–Crippen LogP) is 11.6. The van der Waals surface area contributed by atoms with Gasteiger partial charge in [0.15, 0.2) is 5.69 Å². The zero-order valence-corrected chi connectivity index (χ0v) is 28.0. The van der Waals surface area contributed by atoms with Gasteiger partial charge < -0.3 is 9.95 Å². The van der Waals surface area contributed by atoms with Gasteiger partial charge in [-0.25, -0.2) is 4.98 Å². The van der Waals surface area contributed by atoms with E-state index in [0.29, 0.717) is 28.0 Å². The normalized spacial score (nSPS) is 15.9. The topological polar surface area (TPSA) is 55.3 Å². The van der Waals surface area contributed by atoms with Gasteiger partial charge >= 0.3 is 0 Å². The highest BCUT2D eigenvalue weighted by Crippen LogP contribution is 2.44. The summed E-state index contributed by atoms with van der Waals surface area (Å²) in [6, 6.07) is 27.7. The lowest BCUT2D eigenvalue weighted by molar-refractivity contribution is 0.446. The minimum absolute atomic E-state index is 0.0356. The standard InChI is InChI=1S/C43H44N4O/c1-41(2,3)29-23-27(22-28(24-29)35-19-15-21-37(44-10)45-35)32-18-14-20-36-38(32)46-40(47(36)31-16-12-11-13-17-31)33-25-30(42(4,5)6)26-34(39(33)48)43(7,8)9/h11-26,48H,1-9H3/i1D3,2D3,3D3. The summed E-state index contributed by atoms with van der Waals surface area (Å²) in [5.41, 5.74) is 0.584. The molecule has 0 spiro atoms. The molecule has 4 aromatic carbocycles. The fourth-order valence-electron chi connectivity index (χ4n) is 5.95. The van der Waals surface area contributed by atoms with Crippen LogP contribution in [0.2, 0.25) is 0 Å². The molecule has 0 aliphatic carbocycles. The number of rotatable bonds is 4. The highest BCUT2D eigenvalue weighted by atomic mass is 16.3. The van der Waals surface area contributed by atoms with Crippen molar-refractivity contribution in [3.05, 3.63) is 125 Å². The van der Waals surface area contributed by atoms with Gasteiger partial charge in [0.05, 0.1) is 16.6 Å². The van der Waals surface area contributed by atoms with Gasteiger partial charge in [-0.2, -0.15) is 0 Å². The summed E-state index contributed by atoms with van der Waals surface area (Å²) < 4.78 is 78.6. The molecule has 6 aromatic rings. The van der Waals surface area contributed by atoms with Gasteiger partial charge in [0.2, 0.25) is 0 Å². The highest BCUT2D eigenvalue weighted by molar-refractivity contribution is 5.97. The number of pyridine rings is 1. The molecule has 0 bridgehead atoms. The van der Waals surface area contributed by atoms with E-state index in [9.17, 15) is 5.11 Å². The molecule has 5 heteroatoms. The molecule has 0 aliphatic rings. The molecule has 0 saturated carbocycles. The van der Waals surface area contributed by atoms with Crippen LogP contribution in [0, 0.1) is 6.57 Å². The van der Waals surface area contributed by atoms with Crippen LogP contribution in [0.3, 0.4) is 0 Å². The first kappa shape index (κ1) is 23.2. The Hall–Kier alpha value is -5.21. The second kappa shape index (κ2) is 11.8. The van der Waals surface area contributed by atoms with Crippen LogP contribution in [0.5, 0.6) is 5.75 Å². The fraction of sp³-hybridized carbons (Fsp3) is 0.279. The van der Waals surface area contributed by atoms with E-state index in [1.807, 2.05) is 73.9 Å². The van der Waals surface area contributed by atoms with Crippen LogP contribution in [-0.4, -0.2) is 19.6 Å².